The van der Waals surface area contributed by atoms with E-state index in [9.17, 15) is 4.79 Å². The summed E-state index contributed by atoms with van der Waals surface area (Å²) in [6.45, 7) is 1.91. The topological polar surface area (TPSA) is 68.0 Å². The number of nitrogens with one attached hydrogen (secondary N) is 1. The van der Waals surface area contributed by atoms with E-state index >= 15 is 0 Å². The molecule has 82 valence electrons. The first-order valence-electron chi connectivity index (χ1n) is 4.80. The number of nitrogens with two attached hydrogens (primary N) is 1. The van der Waals surface area contributed by atoms with E-state index in [0.717, 1.165) is 22.7 Å². The maximum atomic E-state index is 11.4. The van der Waals surface area contributed by atoms with Crippen LogP contribution >= 0.6 is 23.1 Å². The number of anilines is 1. The van der Waals surface area contributed by atoms with Gasteiger partial charge in [0.05, 0.1) is 15.7 Å². The Hall–Kier alpha value is -0.750. The normalized spacial score (nSPS) is 15.3. The second kappa shape index (κ2) is 4.40. The molecule has 1 amide bonds. The van der Waals surface area contributed by atoms with Crippen molar-refractivity contribution >= 4 is 34.1 Å². The molecule has 3 N–H and O–H groups in total. The van der Waals surface area contributed by atoms with E-state index in [1.807, 2.05) is 6.92 Å². The summed E-state index contributed by atoms with van der Waals surface area (Å²) in [6, 6.07) is 0.436. The fourth-order valence-corrected chi connectivity index (χ4v) is 3.00. The van der Waals surface area contributed by atoms with E-state index in [2.05, 4.69) is 10.3 Å². The molecule has 0 saturated heterocycles. The van der Waals surface area contributed by atoms with Crippen LogP contribution in [0.4, 0.5) is 5.13 Å². The van der Waals surface area contributed by atoms with E-state index in [1.165, 1.54) is 23.1 Å². The van der Waals surface area contributed by atoms with E-state index < -0.39 is 0 Å². The first-order chi connectivity index (χ1) is 7.15. The van der Waals surface area contributed by atoms with Crippen molar-refractivity contribution in [1.29, 1.82) is 0 Å². The summed E-state index contributed by atoms with van der Waals surface area (Å²) in [5, 5.41) is 3.51. The van der Waals surface area contributed by atoms with Crippen LogP contribution in [0.25, 0.3) is 0 Å². The van der Waals surface area contributed by atoms with Gasteiger partial charge in [0.15, 0.2) is 5.13 Å². The van der Waals surface area contributed by atoms with Crippen molar-refractivity contribution in [2.75, 3.05) is 11.5 Å². The molecule has 0 spiro atoms. The maximum Gasteiger partial charge on any atom is 0.230 e. The van der Waals surface area contributed by atoms with Crippen LogP contribution in [0.3, 0.4) is 0 Å². The third-order valence-electron chi connectivity index (χ3n) is 2.05. The molecule has 1 heterocycles. The number of aryl methyl sites for hydroxylation is 1. The number of nitrogens with zero attached hydrogens (tertiary/aromatic N) is 1. The summed E-state index contributed by atoms with van der Waals surface area (Å²) in [4.78, 5) is 15.5. The highest BCUT2D eigenvalue weighted by molar-refractivity contribution is 8.01. The molecule has 0 aromatic carbocycles. The van der Waals surface area contributed by atoms with Crippen molar-refractivity contribution in [2.45, 2.75) is 30.0 Å². The van der Waals surface area contributed by atoms with Gasteiger partial charge in [0.2, 0.25) is 5.91 Å². The zero-order valence-corrected chi connectivity index (χ0v) is 10.1. The van der Waals surface area contributed by atoms with Crippen molar-refractivity contribution in [3.8, 4) is 0 Å². The van der Waals surface area contributed by atoms with Gasteiger partial charge in [-0.3, -0.25) is 4.79 Å². The number of thiazole rings is 1. The van der Waals surface area contributed by atoms with Crippen LogP contribution < -0.4 is 11.1 Å². The van der Waals surface area contributed by atoms with Crippen LogP contribution in [-0.4, -0.2) is 22.7 Å². The van der Waals surface area contributed by atoms with Crippen molar-refractivity contribution in [1.82, 2.24) is 10.3 Å². The number of amides is 1. The summed E-state index contributed by atoms with van der Waals surface area (Å²) in [7, 11) is 0. The summed E-state index contributed by atoms with van der Waals surface area (Å²) in [5.74, 6) is 0.563. The van der Waals surface area contributed by atoms with E-state index in [0.29, 0.717) is 16.9 Å². The van der Waals surface area contributed by atoms with Crippen molar-refractivity contribution < 1.29 is 4.79 Å². The molecule has 0 bridgehead atoms. The predicted octanol–water partition coefficient (Wildman–Crippen LogP) is 1.40. The number of hydrogen-bond donors (Lipinski definition) is 2. The van der Waals surface area contributed by atoms with Gasteiger partial charge < -0.3 is 11.1 Å². The molecule has 15 heavy (non-hydrogen) atoms. The molecule has 1 aromatic heterocycles. The molecule has 0 radical (unpaired) electrons. The number of rotatable bonds is 4. The van der Waals surface area contributed by atoms with Gasteiger partial charge in [-0.2, -0.15) is 0 Å². The smallest absolute Gasteiger partial charge is 0.230 e. The number of nitrogen functional groups attached to an aromatic ring is 1. The van der Waals surface area contributed by atoms with Gasteiger partial charge >= 0.3 is 0 Å². The lowest BCUT2D eigenvalue weighted by molar-refractivity contribution is -0.118. The molecule has 0 aliphatic heterocycles. The third-order valence-corrected chi connectivity index (χ3v) is 4.40. The fourth-order valence-electron chi connectivity index (χ4n) is 1.16. The molecule has 1 aliphatic rings. The van der Waals surface area contributed by atoms with Crippen LogP contribution in [0.2, 0.25) is 0 Å². The van der Waals surface area contributed by atoms with Gasteiger partial charge in [0, 0.05) is 6.04 Å². The van der Waals surface area contributed by atoms with E-state index in [-0.39, 0.29) is 5.91 Å². The van der Waals surface area contributed by atoms with Crippen molar-refractivity contribution in [3.63, 3.8) is 0 Å². The first kappa shape index (κ1) is 10.8. The van der Waals surface area contributed by atoms with Gasteiger partial charge in [-0.15, -0.1) is 11.8 Å². The number of aromatic nitrogens is 1. The molecular weight excluding hydrogens is 230 g/mol. The van der Waals surface area contributed by atoms with Crippen molar-refractivity contribution in [2.24, 2.45) is 0 Å². The molecule has 1 aliphatic carbocycles. The van der Waals surface area contributed by atoms with Gasteiger partial charge in [0.1, 0.15) is 0 Å². The van der Waals surface area contributed by atoms with Crippen LogP contribution in [-0.2, 0) is 4.79 Å². The highest BCUT2D eigenvalue weighted by Crippen LogP contribution is 2.30. The quantitative estimate of drug-likeness (QED) is 0.784. The summed E-state index contributed by atoms with van der Waals surface area (Å²) in [6.07, 6.45) is 2.26. The molecule has 2 rings (SSSR count). The van der Waals surface area contributed by atoms with Crippen LogP contribution in [0, 0.1) is 6.92 Å². The number of thioether (sulfide) groups is 1. The third kappa shape index (κ3) is 3.10. The van der Waals surface area contributed by atoms with Crippen molar-refractivity contribution in [3.05, 3.63) is 5.69 Å². The Balaban J connectivity index is 1.81. The SMILES string of the molecule is Cc1nc(N)sc1SCC(=O)NC1CC1. The number of carbonyl (C=O) groups is 1. The Labute approximate surface area is 96.6 Å². The number of hydrogen-bond acceptors (Lipinski definition) is 5. The Morgan fingerprint density at radius 1 is 1.73 bits per heavy atom. The second-order valence-corrected chi connectivity index (χ2v) is 5.83. The Kier molecular flexibility index (Phi) is 3.16. The van der Waals surface area contributed by atoms with Crippen LogP contribution in [0.5, 0.6) is 0 Å². The first-order valence-corrected chi connectivity index (χ1v) is 6.60. The lowest BCUT2D eigenvalue weighted by Crippen LogP contribution is -2.26. The second-order valence-electron chi connectivity index (χ2n) is 3.56. The lowest BCUT2D eigenvalue weighted by Gasteiger charge is -2.01. The minimum atomic E-state index is 0.105. The highest BCUT2D eigenvalue weighted by atomic mass is 32.2. The molecule has 1 saturated carbocycles. The maximum absolute atomic E-state index is 11.4. The van der Waals surface area contributed by atoms with Gasteiger partial charge in [-0.05, 0) is 19.8 Å². The summed E-state index contributed by atoms with van der Waals surface area (Å²) >= 11 is 2.95. The van der Waals surface area contributed by atoms with Crippen LogP contribution in [0.15, 0.2) is 4.21 Å². The largest absolute Gasteiger partial charge is 0.375 e. The summed E-state index contributed by atoms with van der Waals surface area (Å²) in [5.41, 5.74) is 6.49. The average Bonchev–Trinajstić information content (AvgIpc) is 2.89. The van der Waals surface area contributed by atoms with Crippen LogP contribution in [0.1, 0.15) is 18.5 Å². The number of carbonyl (C=O) groups excluding carboxylic acids is 1. The minimum Gasteiger partial charge on any atom is -0.375 e. The summed E-state index contributed by atoms with van der Waals surface area (Å²) < 4.78 is 1.04. The van der Waals surface area contributed by atoms with E-state index in [4.69, 9.17) is 5.73 Å². The average molecular weight is 243 g/mol. The molecule has 6 heteroatoms. The zero-order chi connectivity index (χ0) is 10.8. The highest BCUT2D eigenvalue weighted by Gasteiger charge is 2.23. The van der Waals surface area contributed by atoms with Gasteiger partial charge in [0.25, 0.3) is 0 Å². The monoisotopic (exact) mass is 243 g/mol. The molecule has 4 nitrogen and oxygen atoms in total. The molecule has 0 atom stereocenters. The molecular formula is C9H13N3OS2. The Morgan fingerprint density at radius 3 is 3.00 bits per heavy atom. The Morgan fingerprint density at radius 2 is 2.47 bits per heavy atom. The van der Waals surface area contributed by atoms with Gasteiger partial charge in [-0.25, -0.2) is 4.98 Å². The zero-order valence-electron chi connectivity index (χ0n) is 8.45. The lowest BCUT2D eigenvalue weighted by atomic mass is 10.6. The minimum absolute atomic E-state index is 0.105. The van der Waals surface area contributed by atoms with Gasteiger partial charge in [-0.1, -0.05) is 11.3 Å². The molecule has 1 aromatic rings. The molecule has 0 unspecified atom stereocenters. The molecule has 1 fully saturated rings. The fraction of sp³-hybridized carbons (Fsp3) is 0.556. The van der Waals surface area contributed by atoms with E-state index in [1.54, 1.807) is 0 Å². The predicted molar refractivity (Wildman–Crippen MR) is 63.2 cm³/mol. The standard InChI is InChI=1S/C9H13N3OS2/c1-5-8(15-9(10)11-5)14-4-7(13)12-6-2-3-6/h6H,2-4H2,1H3,(H2,10,11)(H,12,13). The Bertz CT molecular complexity index is 373.